The van der Waals surface area contributed by atoms with Gasteiger partial charge in [-0.2, -0.15) is 0 Å². The molecule has 0 bridgehead atoms. The van der Waals surface area contributed by atoms with Crippen molar-refractivity contribution < 1.29 is 22.0 Å². The van der Waals surface area contributed by atoms with E-state index in [2.05, 4.69) is 15.6 Å². The van der Waals surface area contributed by atoms with Gasteiger partial charge < -0.3 is 0 Å². The standard InChI is InChI=1S/C17H29ClF2N4O3S/c1-24-8-14(21-9-24)10-6-11(16(20)12(18)7-10)17(25)22-23-28(26,27)15-5-3-2-4-13(15)19/h10-16,21,23H,2-9H2,1H3,(H,22,25). The minimum absolute atomic E-state index is 0.0142. The number of nitrogens with zero attached hydrogens (tertiary/aromatic N) is 1. The Morgan fingerprint density at radius 3 is 2.57 bits per heavy atom. The summed E-state index contributed by atoms with van der Waals surface area (Å²) in [7, 11) is -2.10. The fraction of sp³-hybridized carbons (Fsp3) is 0.941. The van der Waals surface area contributed by atoms with E-state index in [1.165, 1.54) is 0 Å². The Balaban J connectivity index is 1.60. The molecule has 11 heteroatoms. The summed E-state index contributed by atoms with van der Waals surface area (Å²) in [5.41, 5.74) is 2.11. The van der Waals surface area contributed by atoms with Gasteiger partial charge in [-0.25, -0.2) is 17.2 Å². The van der Waals surface area contributed by atoms with E-state index in [-0.39, 0.29) is 31.2 Å². The summed E-state index contributed by atoms with van der Waals surface area (Å²) in [5.74, 6) is -1.80. The van der Waals surface area contributed by atoms with E-state index in [0.29, 0.717) is 19.3 Å². The van der Waals surface area contributed by atoms with E-state index in [1.54, 1.807) is 0 Å². The lowest BCUT2D eigenvalue weighted by Gasteiger charge is -2.37. The van der Waals surface area contributed by atoms with Crippen molar-refractivity contribution >= 4 is 27.5 Å². The molecule has 7 unspecified atom stereocenters. The van der Waals surface area contributed by atoms with E-state index in [0.717, 1.165) is 13.2 Å². The lowest BCUT2D eigenvalue weighted by Crippen LogP contribution is -2.54. The molecule has 162 valence electrons. The van der Waals surface area contributed by atoms with E-state index < -0.39 is 44.8 Å². The predicted molar refractivity (Wildman–Crippen MR) is 103 cm³/mol. The number of carbonyl (C=O) groups is 1. The molecule has 3 N–H and O–H groups in total. The van der Waals surface area contributed by atoms with E-state index in [1.807, 2.05) is 11.9 Å². The molecule has 2 aliphatic carbocycles. The average Bonchev–Trinajstić information content (AvgIpc) is 3.08. The van der Waals surface area contributed by atoms with E-state index >= 15 is 0 Å². The SMILES string of the molecule is CN1CNC(C2CC(Cl)C(F)C(C(=O)NNS(=O)(=O)C3CCCCC3F)C2)C1. The summed E-state index contributed by atoms with van der Waals surface area (Å²) in [6.07, 6.45) is -0.643. The van der Waals surface area contributed by atoms with Gasteiger partial charge in [-0.15, -0.1) is 16.4 Å². The molecule has 0 aromatic heterocycles. The highest BCUT2D eigenvalue weighted by Crippen LogP contribution is 2.37. The Morgan fingerprint density at radius 1 is 1.21 bits per heavy atom. The van der Waals surface area contributed by atoms with Gasteiger partial charge in [0.25, 0.3) is 0 Å². The highest BCUT2D eigenvalue weighted by molar-refractivity contribution is 7.90. The highest BCUT2D eigenvalue weighted by Gasteiger charge is 2.45. The molecule has 1 heterocycles. The number of halogens is 3. The smallest absolute Gasteiger partial charge is 0.241 e. The summed E-state index contributed by atoms with van der Waals surface area (Å²) in [6.45, 7) is 1.50. The maximum absolute atomic E-state index is 14.6. The first kappa shape index (κ1) is 22.1. The molecule has 2 saturated carbocycles. The third kappa shape index (κ3) is 4.95. The van der Waals surface area contributed by atoms with Crippen molar-refractivity contribution in [1.29, 1.82) is 0 Å². The molecule has 7 nitrogen and oxygen atoms in total. The van der Waals surface area contributed by atoms with Crippen LogP contribution in [-0.4, -0.2) is 68.5 Å². The zero-order chi connectivity index (χ0) is 20.5. The van der Waals surface area contributed by atoms with Gasteiger partial charge in [0.2, 0.25) is 15.9 Å². The quantitative estimate of drug-likeness (QED) is 0.437. The van der Waals surface area contributed by atoms with Crippen molar-refractivity contribution in [3.05, 3.63) is 0 Å². The Labute approximate surface area is 169 Å². The van der Waals surface area contributed by atoms with Crippen molar-refractivity contribution in [1.82, 2.24) is 20.5 Å². The monoisotopic (exact) mass is 442 g/mol. The number of amides is 1. The van der Waals surface area contributed by atoms with Crippen LogP contribution in [0, 0.1) is 11.8 Å². The van der Waals surface area contributed by atoms with Crippen molar-refractivity contribution in [2.24, 2.45) is 11.8 Å². The summed E-state index contributed by atoms with van der Waals surface area (Å²) in [4.78, 5) is 16.6. The second-order valence-electron chi connectivity index (χ2n) is 8.28. The predicted octanol–water partition coefficient (Wildman–Crippen LogP) is 1.05. The molecule has 0 radical (unpaired) electrons. The Morgan fingerprint density at radius 2 is 1.93 bits per heavy atom. The van der Waals surface area contributed by atoms with Gasteiger partial charge in [0.05, 0.1) is 11.3 Å². The second kappa shape index (κ2) is 9.07. The van der Waals surface area contributed by atoms with Gasteiger partial charge >= 0.3 is 0 Å². The fourth-order valence-corrected chi connectivity index (χ4v) is 6.35. The number of hydrogen-bond donors (Lipinski definition) is 3. The number of alkyl halides is 3. The van der Waals surface area contributed by atoms with Crippen molar-refractivity contribution in [2.45, 2.75) is 67.5 Å². The normalized spacial score (nSPS) is 40.4. The molecule has 0 aromatic rings. The van der Waals surface area contributed by atoms with Gasteiger partial charge in [-0.1, -0.05) is 12.8 Å². The fourth-order valence-electron chi connectivity index (χ4n) is 4.55. The first-order valence-corrected chi connectivity index (χ1v) is 11.8. The van der Waals surface area contributed by atoms with Crippen LogP contribution in [0.15, 0.2) is 0 Å². The van der Waals surface area contributed by atoms with Gasteiger partial charge in [-0.05, 0) is 38.6 Å². The largest absolute Gasteiger partial charge is 0.300 e. The van der Waals surface area contributed by atoms with Crippen LogP contribution in [0.5, 0.6) is 0 Å². The van der Waals surface area contributed by atoms with Gasteiger partial charge in [0, 0.05) is 19.3 Å². The number of rotatable bonds is 5. The summed E-state index contributed by atoms with van der Waals surface area (Å²) < 4.78 is 53.3. The summed E-state index contributed by atoms with van der Waals surface area (Å²) in [5, 5.41) is 1.33. The lowest BCUT2D eigenvalue weighted by molar-refractivity contribution is -0.129. The van der Waals surface area contributed by atoms with Crippen LogP contribution < -0.4 is 15.6 Å². The van der Waals surface area contributed by atoms with Gasteiger partial charge in [0.15, 0.2) is 0 Å². The molecule has 0 spiro atoms. The highest BCUT2D eigenvalue weighted by atomic mass is 35.5. The van der Waals surface area contributed by atoms with Gasteiger partial charge in [-0.3, -0.25) is 20.4 Å². The Kier molecular flexibility index (Phi) is 7.18. The molecular weight excluding hydrogens is 414 g/mol. The molecular formula is C17H29ClF2N4O3S. The topological polar surface area (TPSA) is 90.5 Å². The van der Waals surface area contributed by atoms with Crippen LogP contribution in [-0.2, 0) is 14.8 Å². The molecule has 0 aromatic carbocycles. The number of hydrogen-bond acceptors (Lipinski definition) is 5. The van der Waals surface area contributed by atoms with Crippen LogP contribution in [0.25, 0.3) is 0 Å². The maximum Gasteiger partial charge on any atom is 0.241 e. The molecule has 3 rings (SSSR count). The number of sulfonamides is 1. The second-order valence-corrected chi connectivity index (χ2v) is 10.7. The van der Waals surface area contributed by atoms with Crippen LogP contribution in [0.4, 0.5) is 8.78 Å². The minimum Gasteiger partial charge on any atom is -0.300 e. The first-order chi connectivity index (χ1) is 13.2. The zero-order valence-electron chi connectivity index (χ0n) is 15.9. The van der Waals surface area contributed by atoms with E-state index in [4.69, 9.17) is 11.6 Å². The van der Waals surface area contributed by atoms with Crippen LogP contribution in [0.1, 0.15) is 38.5 Å². The molecule has 3 fully saturated rings. The summed E-state index contributed by atoms with van der Waals surface area (Å²) in [6, 6.07) is 0.111. The van der Waals surface area contributed by atoms with Crippen molar-refractivity contribution in [3.63, 3.8) is 0 Å². The van der Waals surface area contributed by atoms with Crippen LogP contribution >= 0.6 is 11.6 Å². The van der Waals surface area contributed by atoms with Crippen LogP contribution in [0.2, 0.25) is 0 Å². The minimum atomic E-state index is -4.07. The Bertz CT molecular complexity index is 671. The third-order valence-electron chi connectivity index (χ3n) is 6.19. The first-order valence-electron chi connectivity index (χ1n) is 9.83. The van der Waals surface area contributed by atoms with Crippen molar-refractivity contribution in [3.8, 4) is 0 Å². The molecule has 1 aliphatic heterocycles. The zero-order valence-corrected chi connectivity index (χ0v) is 17.5. The number of hydrazine groups is 1. The molecule has 1 saturated heterocycles. The van der Waals surface area contributed by atoms with E-state index in [9.17, 15) is 22.0 Å². The van der Waals surface area contributed by atoms with Crippen molar-refractivity contribution in [2.75, 3.05) is 20.3 Å². The number of likely N-dealkylation sites (N-methyl/N-ethyl adjacent to an activating group) is 1. The lowest BCUT2D eigenvalue weighted by atomic mass is 9.76. The number of carbonyl (C=O) groups excluding carboxylic acids is 1. The number of nitrogens with one attached hydrogen (secondary N) is 3. The maximum atomic E-state index is 14.6. The van der Waals surface area contributed by atoms with Crippen LogP contribution in [0.3, 0.4) is 0 Å². The molecule has 3 aliphatic rings. The third-order valence-corrected chi connectivity index (χ3v) is 8.32. The molecule has 28 heavy (non-hydrogen) atoms. The Hall–Kier alpha value is -0.550. The molecule has 1 amide bonds. The average molecular weight is 443 g/mol. The molecule has 7 atom stereocenters. The van der Waals surface area contributed by atoms with Gasteiger partial charge in [0.1, 0.15) is 17.6 Å². The summed E-state index contributed by atoms with van der Waals surface area (Å²) >= 11 is 6.16.